The third-order valence-electron chi connectivity index (χ3n) is 3.12. The fourth-order valence-electron chi connectivity index (χ4n) is 1.97. The van der Waals surface area contributed by atoms with Gasteiger partial charge < -0.3 is 5.32 Å². The summed E-state index contributed by atoms with van der Waals surface area (Å²) in [4.78, 5) is 17.0. The van der Waals surface area contributed by atoms with Crippen LogP contribution >= 0.6 is 23.1 Å². The summed E-state index contributed by atoms with van der Waals surface area (Å²) in [5, 5.41) is 8.13. The highest BCUT2D eigenvalue weighted by molar-refractivity contribution is 8.00. The molecule has 130 valence electrons. The highest BCUT2D eigenvalue weighted by Crippen LogP contribution is 2.28. The van der Waals surface area contributed by atoms with Crippen molar-refractivity contribution in [1.29, 1.82) is 0 Å². The number of fused-ring (bicyclic) bond motifs is 1. The van der Waals surface area contributed by atoms with Gasteiger partial charge in [-0.1, -0.05) is 11.3 Å². The SMILES string of the molecule is NS(=O)(=O)c1ccc2nc(NC(=O)CSc3ccc(F)cc3)sc2c1. The van der Waals surface area contributed by atoms with E-state index >= 15 is 0 Å². The second-order valence-electron chi connectivity index (χ2n) is 4.98. The van der Waals surface area contributed by atoms with Gasteiger partial charge in [-0.2, -0.15) is 0 Å². The first-order valence-electron chi connectivity index (χ1n) is 6.93. The van der Waals surface area contributed by atoms with Crippen LogP contribution < -0.4 is 10.5 Å². The summed E-state index contributed by atoms with van der Waals surface area (Å²) >= 11 is 2.43. The molecule has 3 N–H and O–H groups in total. The van der Waals surface area contributed by atoms with Crippen LogP contribution in [0.2, 0.25) is 0 Å². The Kier molecular flexibility index (Phi) is 5.04. The van der Waals surface area contributed by atoms with Gasteiger partial charge in [0.15, 0.2) is 5.13 Å². The molecule has 0 spiro atoms. The van der Waals surface area contributed by atoms with Crippen LogP contribution in [0.15, 0.2) is 52.3 Å². The monoisotopic (exact) mass is 397 g/mol. The standard InChI is InChI=1S/C15H12FN3O3S3/c16-9-1-3-10(4-2-9)23-8-14(20)19-15-18-12-6-5-11(25(17,21)22)7-13(12)24-15/h1-7H,8H2,(H2,17,21,22)(H,18,19,20). The molecule has 0 fully saturated rings. The number of carbonyl (C=O) groups is 1. The van der Waals surface area contributed by atoms with Crippen LogP contribution in [0.25, 0.3) is 10.2 Å². The Bertz CT molecular complexity index is 1030. The van der Waals surface area contributed by atoms with Crippen molar-refractivity contribution in [2.75, 3.05) is 11.1 Å². The Labute approximate surface area is 151 Å². The number of halogens is 1. The molecule has 0 aliphatic rings. The van der Waals surface area contributed by atoms with Crippen LogP contribution in [-0.2, 0) is 14.8 Å². The number of anilines is 1. The van der Waals surface area contributed by atoms with Crippen LogP contribution in [0, 0.1) is 5.82 Å². The van der Waals surface area contributed by atoms with E-state index in [1.807, 2.05) is 0 Å². The number of nitrogens with two attached hydrogens (primary N) is 1. The Morgan fingerprint density at radius 3 is 2.64 bits per heavy atom. The first-order chi connectivity index (χ1) is 11.8. The van der Waals surface area contributed by atoms with E-state index in [2.05, 4.69) is 10.3 Å². The minimum Gasteiger partial charge on any atom is -0.301 e. The number of nitrogens with zero attached hydrogens (tertiary/aromatic N) is 1. The largest absolute Gasteiger partial charge is 0.301 e. The molecule has 10 heteroatoms. The molecule has 0 atom stereocenters. The highest BCUT2D eigenvalue weighted by Gasteiger charge is 2.12. The Balaban J connectivity index is 1.67. The zero-order chi connectivity index (χ0) is 18.0. The minimum absolute atomic E-state index is 0.00612. The summed E-state index contributed by atoms with van der Waals surface area (Å²) in [5.74, 6) is -0.452. The lowest BCUT2D eigenvalue weighted by Gasteiger charge is -2.02. The second kappa shape index (κ2) is 7.08. The first-order valence-corrected chi connectivity index (χ1v) is 10.3. The van der Waals surface area contributed by atoms with Crippen molar-refractivity contribution in [3.05, 3.63) is 48.3 Å². The smallest absolute Gasteiger partial charge is 0.238 e. The van der Waals surface area contributed by atoms with Crippen molar-refractivity contribution >= 4 is 54.4 Å². The number of carbonyl (C=O) groups excluding carboxylic acids is 1. The van der Waals surface area contributed by atoms with Crippen molar-refractivity contribution in [3.8, 4) is 0 Å². The molecule has 0 saturated heterocycles. The minimum atomic E-state index is -3.79. The quantitative estimate of drug-likeness (QED) is 0.645. The van der Waals surface area contributed by atoms with E-state index in [-0.39, 0.29) is 22.4 Å². The molecule has 25 heavy (non-hydrogen) atoms. The third kappa shape index (κ3) is 4.54. The van der Waals surface area contributed by atoms with Crippen LogP contribution in [0.5, 0.6) is 0 Å². The molecule has 6 nitrogen and oxygen atoms in total. The van der Waals surface area contributed by atoms with Crippen LogP contribution in [-0.4, -0.2) is 25.1 Å². The normalized spacial score (nSPS) is 11.6. The van der Waals surface area contributed by atoms with E-state index in [9.17, 15) is 17.6 Å². The molecule has 0 radical (unpaired) electrons. The average molecular weight is 397 g/mol. The van der Waals surface area contributed by atoms with Crippen molar-refractivity contribution < 1.29 is 17.6 Å². The number of rotatable bonds is 5. The van der Waals surface area contributed by atoms with E-state index in [0.717, 1.165) is 16.2 Å². The summed E-state index contributed by atoms with van der Waals surface area (Å²) in [5.41, 5.74) is 0.568. The predicted molar refractivity (Wildman–Crippen MR) is 96.7 cm³/mol. The van der Waals surface area contributed by atoms with E-state index < -0.39 is 10.0 Å². The molecule has 2 aromatic carbocycles. The van der Waals surface area contributed by atoms with Gasteiger partial charge in [0.1, 0.15) is 5.82 Å². The van der Waals surface area contributed by atoms with Gasteiger partial charge in [0.2, 0.25) is 15.9 Å². The van der Waals surface area contributed by atoms with Gasteiger partial charge in [-0.3, -0.25) is 4.79 Å². The predicted octanol–water partition coefficient (Wildman–Crippen LogP) is 2.81. The number of sulfonamides is 1. The molecule has 0 aliphatic carbocycles. The number of thioether (sulfide) groups is 1. The molecule has 0 saturated carbocycles. The molecule has 0 bridgehead atoms. The molecular weight excluding hydrogens is 385 g/mol. The van der Waals surface area contributed by atoms with E-state index in [1.54, 1.807) is 12.1 Å². The summed E-state index contributed by atoms with van der Waals surface area (Å²) in [7, 11) is -3.79. The zero-order valence-electron chi connectivity index (χ0n) is 12.6. The Morgan fingerprint density at radius 1 is 1.24 bits per heavy atom. The van der Waals surface area contributed by atoms with Gasteiger partial charge in [-0.25, -0.2) is 22.9 Å². The maximum absolute atomic E-state index is 12.8. The van der Waals surface area contributed by atoms with Crippen LogP contribution in [0.1, 0.15) is 0 Å². The summed E-state index contributed by atoms with van der Waals surface area (Å²) < 4.78 is 36.2. The number of primary sulfonamides is 1. The number of amides is 1. The molecule has 0 aliphatic heterocycles. The number of aromatic nitrogens is 1. The van der Waals surface area contributed by atoms with Crippen LogP contribution in [0.4, 0.5) is 9.52 Å². The van der Waals surface area contributed by atoms with Crippen molar-refractivity contribution in [1.82, 2.24) is 4.98 Å². The lowest BCUT2D eigenvalue weighted by Crippen LogP contribution is -2.13. The Morgan fingerprint density at radius 2 is 1.96 bits per heavy atom. The number of nitrogens with one attached hydrogen (secondary N) is 1. The summed E-state index contributed by atoms with van der Waals surface area (Å²) in [6.45, 7) is 0. The fourth-order valence-corrected chi connectivity index (χ4v) is 4.20. The van der Waals surface area contributed by atoms with E-state index in [0.29, 0.717) is 15.3 Å². The molecule has 0 unspecified atom stereocenters. The van der Waals surface area contributed by atoms with Gasteiger partial charge >= 0.3 is 0 Å². The summed E-state index contributed by atoms with van der Waals surface area (Å²) in [6.07, 6.45) is 0. The molecular formula is C15H12FN3O3S3. The van der Waals surface area contributed by atoms with Crippen LogP contribution in [0.3, 0.4) is 0 Å². The molecule has 1 heterocycles. The second-order valence-corrected chi connectivity index (χ2v) is 8.63. The zero-order valence-corrected chi connectivity index (χ0v) is 15.1. The van der Waals surface area contributed by atoms with E-state index in [4.69, 9.17) is 5.14 Å². The lowest BCUT2D eigenvalue weighted by molar-refractivity contribution is -0.113. The highest BCUT2D eigenvalue weighted by atomic mass is 32.2. The summed E-state index contributed by atoms with van der Waals surface area (Å²) in [6, 6.07) is 10.2. The van der Waals surface area contributed by atoms with E-state index in [1.165, 1.54) is 42.1 Å². The molecule has 1 aromatic heterocycles. The Hall–Kier alpha value is -2.01. The van der Waals surface area contributed by atoms with Gasteiger partial charge in [0.05, 0.1) is 20.9 Å². The van der Waals surface area contributed by atoms with Crippen molar-refractivity contribution in [2.24, 2.45) is 5.14 Å². The van der Waals surface area contributed by atoms with Crippen molar-refractivity contribution in [2.45, 2.75) is 9.79 Å². The average Bonchev–Trinajstić information content (AvgIpc) is 2.94. The fraction of sp³-hybridized carbons (Fsp3) is 0.0667. The maximum Gasteiger partial charge on any atom is 0.238 e. The van der Waals surface area contributed by atoms with Crippen molar-refractivity contribution in [3.63, 3.8) is 0 Å². The van der Waals surface area contributed by atoms with Gasteiger partial charge in [-0.05, 0) is 42.5 Å². The maximum atomic E-state index is 12.8. The third-order valence-corrected chi connectivity index (χ3v) is 5.97. The van der Waals surface area contributed by atoms with Gasteiger partial charge in [0.25, 0.3) is 0 Å². The van der Waals surface area contributed by atoms with Gasteiger partial charge in [0, 0.05) is 4.90 Å². The molecule has 1 amide bonds. The number of benzene rings is 2. The number of hydrogen-bond donors (Lipinski definition) is 2. The topological polar surface area (TPSA) is 102 Å². The number of hydrogen-bond acceptors (Lipinski definition) is 6. The lowest BCUT2D eigenvalue weighted by atomic mass is 10.3. The number of thiazole rings is 1. The van der Waals surface area contributed by atoms with Gasteiger partial charge in [-0.15, -0.1) is 11.8 Å². The molecule has 3 aromatic rings. The molecule has 3 rings (SSSR count). The first kappa shape index (κ1) is 17.8.